The van der Waals surface area contributed by atoms with E-state index in [0.717, 1.165) is 21.0 Å². The maximum absolute atomic E-state index is 14.6. The molecule has 15 heteroatoms. The van der Waals surface area contributed by atoms with Gasteiger partial charge in [0.05, 0.1) is 68.3 Å². The third-order valence-electron chi connectivity index (χ3n) is 8.88. The molecule has 8 aromatic rings. The fourth-order valence-corrected chi connectivity index (χ4v) is 7.90. The van der Waals surface area contributed by atoms with Crippen LogP contribution in [0.5, 0.6) is 11.5 Å². The van der Waals surface area contributed by atoms with Crippen molar-refractivity contribution in [3.8, 4) is 17.6 Å². The highest BCUT2D eigenvalue weighted by Crippen LogP contribution is 2.38. The number of rotatable bonds is 9. The van der Waals surface area contributed by atoms with Crippen LogP contribution in [0.15, 0.2) is 140 Å². The van der Waals surface area contributed by atoms with Gasteiger partial charge in [0, 0.05) is 5.56 Å². The molecule has 60 heavy (non-hydrogen) atoms. The third-order valence-corrected chi connectivity index (χ3v) is 10.9. The second kappa shape index (κ2) is 17.8. The number of carbonyl (C=O) groups excluding carboxylic acids is 2. The Balaban J connectivity index is 0.000000183. The summed E-state index contributed by atoms with van der Waals surface area (Å²) in [5.74, 6) is -1.03. The van der Waals surface area contributed by atoms with Crippen molar-refractivity contribution in [3.63, 3.8) is 0 Å². The molecule has 2 aromatic heterocycles. The fourth-order valence-electron chi connectivity index (χ4n) is 5.93. The zero-order chi connectivity index (χ0) is 42.4. The first-order chi connectivity index (χ1) is 29.0. The van der Waals surface area contributed by atoms with Gasteiger partial charge in [0.15, 0.2) is 10.3 Å². The molecule has 300 valence electrons. The Bertz CT molecular complexity index is 2770. The second-order valence-corrected chi connectivity index (χ2v) is 14.7. The molecule has 0 spiro atoms. The van der Waals surface area contributed by atoms with Crippen LogP contribution in [-0.4, -0.2) is 35.5 Å². The van der Waals surface area contributed by atoms with E-state index in [2.05, 4.69) is 16.0 Å². The van der Waals surface area contributed by atoms with Crippen molar-refractivity contribution in [2.75, 3.05) is 23.5 Å². The average molecular weight is 846 g/mol. The molecule has 0 saturated heterocycles. The Labute approximate surface area is 348 Å². The highest BCUT2D eigenvalue weighted by Gasteiger charge is 2.33. The van der Waals surface area contributed by atoms with Gasteiger partial charge in [-0.15, -0.1) is 0 Å². The first kappa shape index (κ1) is 41.0. The number of amides is 2. The number of hydrogen-bond donors (Lipinski definition) is 0. The van der Waals surface area contributed by atoms with Gasteiger partial charge < -0.3 is 9.47 Å². The highest BCUT2D eigenvalue weighted by atomic mass is 32.1. The fraction of sp³-hybridized carbons (Fsp3) is 0.0889. The number of fused-ring (bicyclic) bond motifs is 2. The number of alkyl halides is 3. The normalized spacial score (nSPS) is 11.0. The Morgan fingerprint density at radius 3 is 1.68 bits per heavy atom. The number of nitrogens with zero attached hydrogens (tertiary/aromatic N) is 5. The molecule has 0 unspecified atom stereocenters. The van der Waals surface area contributed by atoms with Crippen LogP contribution in [0, 0.1) is 17.1 Å². The molecule has 0 fully saturated rings. The second-order valence-electron chi connectivity index (χ2n) is 12.7. The summed E-state index contributed by atoms with van der Waals surface area (Å²) in [5.41, 5.74) is 1.87. The Kier molecular flexibility index (Phi) is 12.2. The molecule has 8 rings (SSSR count). The van der Waals surface area contributed by atoms with Gasteiger partial charge in [0.25, 0.3) is 11.8 Å². The minimum absolute atomic E-state index is 0.214. The zero-order valence-corrected chi connectivity index (χ0v) is 33.3. The van der Waals surface area contributed by atoms with Crippen LogP contribution >= 0.6 is 22.7 Å². The molecule has 0 atom stereocenters. The van der Waals surface area contributed by atoms with Crippen LogP contribution in [0.1, 0.15) is 38.8 Å². The topological polar surface area (TPSA) is 109 Å². The lowest BCUT2D eigenvalue weighted by Crippen LogP contribution is -2.27. The first-order valence-electron chi connectivity index (χ1n) is 18.1. The lowest BCUT2D eigenvalue weighted by Gasteiger charge is -2.21. The van der Waals surface area contributed by atoms with Gasteiger partial charge in [-0.3, -0.25) is 19.4 Å². The molecule has 0 N–H and O–H groups in total. The van der Waals surface area contributed by atoms with Crippen LogP contribution < -0.4 is 19.3 Å². The van der Waals surface area contributed by atoms with E-state index in [1.165, 1.54) is 27.6 Å². The largest absolute Gasteiger partial charge is 0.497 e. The van der Waals surface area contributed by atoms with Crippen LogP contribution in [0.3, 0.4) is 0 Å². The molecule has 0 aliphatic carbocycles. The molecular formula is C45H31F4N5O4S2. The number of nitriles is 1. The average Bonchev–Trinajstić information content (AvgIpc) is 3.89. The van der Waals surface area contributed by atoms with Gasteiger partial charge in [-0.25, -0.2) is 14.4 Å². The summed E-state index contributed by atoms with van der Waals surface area (Å²) in [5, 5.41) is 9.84. The van der Waals surface area contributed by atoms with E-state index in [1.54, 1.807) is 72.7 Å². The van der Waals surface area contributed by atoms with E-state index in [9.17, 15) is 27.2 Å². The first-order valence-corrected chi connectivity index (χ1v) is 19.7. The van der Waals surface area contributed by atoms with Crippen molar-refractivity contribution in [2.24, 2.45) is 0 Å². The van der Waals surface area contributed by atoms with E-state index in [4.69, 9.17) is 14.7 Å². The summed E-state index contributed by atoms with van der Waals surface area (Å²) in [4.78, 5) is 38.6. The SMILES string of the molecule is CCOc1ccc(N(C(=O)c2ccc(C(F)(F)F)cc2F)c2nc3ccccc3s2)cc1.COc1ccc(N(C(=O)c2ccc(C#N)cc2)c2nc3ccccc3s2)cc1. The molecule has 9 nitrogen and oxygen atoms in total. The summed E-state index contributed by atoms with van der Waals surface area (Å²) in [6.45, 7) is 2.29. The predicted octanol–water partition coefficient (Wildman–Crippen LogP) is 12.0. The molecule has 0 bridgehead atoms. The van der Waals surface area contributed by atoms with E-state index >= 15 is 0 Å². The van der Waals surface area contributed by atoms with Gasteiger partial charge in [-0.1, -0.05) is 46.9 Å². The summed E-state index contributed by atoms with van der Waals surface area (Å²) >= 11 is 2.66. The van der Waals surface area contributed by atoms with Crippen molar-refractivity contribution in [3.05, 3.63) is 168 Å². The van der Waals surface area contributed by atoms with E-state index < -0.39 is 29.0 Å². The summed E-state index contributed by atoms with van der Waals surface area (Å²) in [7, 11) is 1.60. The van der Waals surface area contributed by atoms with Crippen molar-refractivity contribution >= 4 is 76.6 Å². The number of benzene rings is 6. The van der Waals surface area contributed by atoms with Gasteiger partial charge in [-0.2, -0.15) is 18.4 Å². The lowest BCUT2D eigenvalue weighted by molar-refractivity contribution is -0.137. The smallest absolute Gasteiger partial charge is 0.416 e. The minimum atomic E-state index is -4.72. The Morgan fingerprint density at radius 1 is 0.700 bits per heavy atom. The third kappa shape index (κ3) is 8.95. The molecule has 0 aliphatic rings. The Hall–Kier alpha value is -7.15. The highest BCUT2D eigenvalue weighted by molar-refractivity contribution is 7.22. The maximum Gasteiger partial charge on any atom is 0.416 e. The van der Waals surface area contributed by atoms with Gasteiger partial charge >= 0.3 is 6.18 Å². The summed E-state index contributed by atoms with van der Waals surface area (Å²) < 4.78 is 65.8. The minimum Gasteiger partial charge on any atom is -0.497 e. The predicted molar refractivity (Wildman–Crippen MR) is 225 cm³/mol. The molecule has 2 heterocycles. The zero-order valence-electron chi connectivity index (χ0n) is 31.7. The molecule has 0 aliphatic heterocycles. The van der Waals surface area contributed by atoms with Gasteiger partial charge in [0.1, 0.15) is 17.3 Å². The number of methoxy groups -OCH3 is 1. The van der Waals surface area contributed by atoms with Crippen LogP contribution in [0.4, 0.5) is 39.2 Å². The lowest BCUT2D eigenvalue weighted by atomic mass is 10.1. The van der Waals surface area contributed by atoms with Crippen LogP contribution in [0.2, 0.25) is 0 Å². The van der Waals surface area contributed by atoms with Crippen molar-refractivity contribution in [1.29, 1.82) is 5.26 Å². The molecule has 2 amide bonds. The number of hydrogen-bond acceptors (Lipinski definition) is 9. The molecule has 0 saturated carbocycles. The summed E-state index contributed by atoms with van der Waals surface area (Å²) in [6.07, 6.45) is -4.72. The summed E-state index contributed by atoms with van der Waals surface area (Å²) in [6, 6.07) is 39.3. The standard InChI is InChI=1S/C23H16F4N2O2S.C22H15N3O2S/c1-2-31-16-10-8-15(9-11-16)29(22-28-19-5-3-4-6-20(19)32-22)21(30)17-12-7-14(13-18(17)24)23(25,26)27;1-27-18-12-10-17(11-13-18)25(21(26)16-8-6-15(14-23)7-9-16)22-24-19-4-2-3-5-20(19)28-22/h3-13H,2H2,1H3;2-13H,1H3. The van der Waals surface area contributed by atoms with Crippen molar-refractivity contribution in [2.45, 2.75) is 13.1 Å². The van der Waals surface area contributed by atoms with Gasteiger partial charge in [0.2, 0.25) is 0 Å². The number of thiazole rings is 2. The quantitative estimate of drug-likeness (QED) is 0.133. The van der Waals surface area contributed by atoms with Crippen LogP contribution in [0.25, 0.3) is 20.4 Å². The number of para-hydroxylation sites is 2. The number of aromatic nitrogens is 2. The van der Waals surface area contributed by atoms with Crippen LogP contribution in [-0.2, 0) is 6.18 Å². The number of ether oxygens (including phenoxy) is 2. The van der Waals surface area contributed by atoms with E-state index in [1.807, 2.05) is 67.6 Å². The van der Waals surface area contributed by atoms with Crippen molar-refractivity contribution < 1.29 is 36.6 Å². The molecule has 6 aromatic carbocycles. The van der Waals surface area contributed by atoms with E-state index in [-0.39, 0.29) is 11.0 Å². The molecular weight excluding hydrogens is 815 g/mol. The van der Waals surface area contributed by atoms with Crippen molar-refractivity contribution in [1.82, 2.24) is 9.97 Å². The van der Waals surface area contributed by atoms with E-state index in [0.29, 0.717) is 63.4 Å². The molecule has 0 radical (unpaired) electrons. The number of anilines is 4. The van der Waals surface area contributed by atoms with Gasteiger partial charge in [-0.05, 0) is 122 Å². The maximum atomic E-state index is 14.6. The number of carbonyl (C=O) groups is 2. The monoisotopic (exact) mass is 845 g/mol. The number of halogens is 4. The Morgan fingerprint density at radius 2 is 1.22 bits per heavy atom.